The zero-order chi connectivity index (χ0) is 12.3. The number of nitrogens with zero attached hydrogens (tertiary/aromatic N) is 3. The second-order valence-corrected chi connectivity index (χ2v) is 6.79. The van der Waals surface area contributed by atoms with Crippen molar-refractivity contribution < 1.29 is 0 Å². The molecule has 1 saturated heterocycles. The Morgan fingerprint density at radius 1 is 1.53 bits per heavy atom. The van der Waals surface area contributed by atoms with E-state index in [1.807, 2.05) is 18.8 Å². The van der Waals surface area contributed by atoms with Crippen LogP contribution >= 0.6 is 23.5 Å². The normalized spacial score (nSPS) is 27.0. The zero-order valence-electron chi connectivity index (χ0n) is 10.6. The third kappa shape index (κ3) is 2.80. The number of nitrogens with one attached hydrogen (secondary N) is 1. The Kier molecular flexibility index (Phi) is 4.76. The summed E-state index contributed by atoms with van der Waals surface area (Å²) in [6, 6.07) is 0.297. The lowest BCUT2D eigenvalue weighted by Crippen LogP contribution is -2.38. The molecule has 1 fully saturated rings. The van der Waals surface area contributed by atoms with Crippen LogP contribution in [0, 0.1) is 0 Å². The second-order valence-electron chi connectivity index (χ2n) is 4.16. The molecule has 0 radical (unpaired) electrons. The van der Waals surface area contributed by atoms with Crippen molar-refractivity contribution in [2.45, 2.75) is 29.9 Å². The van der Waals surface area contributed by atoms with Gasteiger partial charge in [0.25, 0.3) is 0 Å². The number of rotatable bonds is 4. The van der Waals surface area contributed by atoms with Gasteiger partial charge in [0, 0.05) is 29.1 Å². The van der Waals surface area contributed by atoms with Crippen LogP contribution in [0.15, 0.2) is 6.33 Å². The van der Waals surface area contributed by atoms with Gasteiger partial charge in [-0.15, -0.1) is 0 Å². The maximum absolute atomic E-state index is 4.40. The summed E-state index contributed by atoms with van der Waals surface area (Å²) < 4.78 is 1.88. The third-order valence-corrected chi connectivity index (χ3v) is 6.51. The molecule has 96 valence electrons. The summed E-state index contributed by atoms with van der Waals surface area (Å²) in [5.74, 6) is 3.56. The maximum Gasteiger partial charge on any atom is 0.144 e. The molecule has 2 rings (SSSR count). The van der Waals surface area contributed by atoms with Gasteiger partial charge in [-0.25, -0.2) is 4.98 Å². The maximum atomic E-state index is 4.40. The largest absolute Gasteiger partial charge is 0.309 e. The Morgan fingerprint density at radius 2 is 2.29 bits per heavy atom. The van der Waals surface area contributed by atoms with E-state index in [-0.39, 0.29) is 0 Å². The fourth-order valence-electron chi connectivity index (χ4n) is 2.27. The minimum Gasteiger partial charge on any atom is -0.309 e. The molecule has 0 saturated carbocycles. The summed E-state index contributed by atoms with van der Waals surface area (Å²) in [7, 11) is 3.99. The SMILES string of the molecule is CCC1SCCSC1C(NC)c1ncnn1C. The van der Waals surface area contributed by atoms with Crippen LogP contribution in [0.25, 0.3) is 0 Å². The van der Waals surface area contributed by atoms with E-state index in [9.17, 15) is 0 Å². The van der Waals surface area contributed by atoms with Gasteiger partial charge < -0.3 is 5.32 Å². The average molecular weight is 272 g/mol. The summed E-state index contributed by atoms with van der Waals surface area (Å²) in [6.45, 7) is 2.28. The lowest BCUT2D eigenvalue weighted by atomic mass is 10.1. The standard InChI is InChI=1S/C11H20N4S2/c1-4-8-10(17-6-5-16-8)9(12-2)11-13-7-14-15(11)3/h7-10,12H,4-6H2,1-3H3. The Bertz CT molecular complexity index is 355. The molecule has 3 atom stereocenters. The highest BCUT2D eigenvalue weighted by Crippen LogP contribution is 2.39. The van der Waals surface area contributed by atoms with Crippen molar-refractivity contribution in [3.63, 3.8) is 0 Å². The molecular weight excluding hydrogens is 252 g/mol. The summed E-state index contributed by atoms with van der Waals surface area (Å²) in [4.78, 5) is 4.40. The summed E-state index contributed by atoms with van der Waals surface area (Å²) >= 11 is 4.17. The highest BCUT2D eigenvalue weighted by Gasteiger charge is 2.34. The zero-order valence-corrected chi connectivity index (χ0v) is 12.2. The molecule has 4 nitrogen and oxygen atoms in total. The van der Waals surface area contributed by atoms with Crippen LogP contribution in [0.3, 0.4) is 0 Å². The van der Waals surface area contributed by atoms with Gasteiger partial charge in [-0.3, -0.25) is 4.68 Å². The van der Waals surface area contributed by atoms with Crippen molar-refractivity contribution in [1.29, 1.82) is 0 Å². The van der Waals surface area contributed by atoms with Crippen LogP contribution in [0.1, 0.15) is 25.2 Å². The van der Waals surface area contributed by atoms with Crippen molar-refractivity contribution in [1.82, 2.24) is 20.1 Å². The quantitative estimate of drug-likeness (QED) is 0.904. The molecule has 1 aliphatic heterocycles. The molecule has 2 heterocycles. The molecule has 1 aromatic heterocycles. The van der Waals surface area contributed by atoms with E-state index in [2.05, 4.69) is 45.8 Å². The number of thioether (sulfide) groups is 2. The predicted molar refractivity (Wildman–Crippen MR) is 75.6 cm³/mol. The first kappa shape index (κ1) is 13.2. The molecule has 0 spiro atoms. The number of aromatic nitrogens is 3. The smallest absolute Gasteiger partial charge is 0.144 e. The van der Waals surface area contributed by atoms with E-state index in [0.717, 1.165) is 5.82 Å². The highest BCUT2D eigenvalue weighted by molar-refractivity contribution is 8.07. The number of aryl methyl sites for hydroxylation is 1. The summed E-state index contributed by atoms with van der Waals surface area (Å²) in [6.07, 6.45) is 2.86. The molecule has 0 aliphatic carbocycles. The fourth-order valence-corrected chi connectivity index (χ4v) is 5.53. The Balaban J connectivity index is 2.19. The first-order valence-electron chi connectivity index (χ1n) is 6.02. The molecule has 0 bridgehead atoms. The number of hydrogen-bond donors (Lipinski definition) is 1. The van der Waals surface area contributed by atoms with Crippen LogP contribution in [0.4, 0.5) is 0 Å². The van der Waals surface area contributed by atoms with Gasteiger partial charge >= 0.3 is 0 Å². The first-order chi connectivity index (χ1) is 8.27. The van der Waals surface area contributed by atoms with E-state index >= 15 is 0 Å². The van der Waals surface area contributed by atoms with E-state index < -0.39 is 0 Å². The van der Waals surface area contributed by atoms with Gasteiger partial charge in [-0.2, -0.15) is 28.6 Å². The van der Waals surface area contributed by atoms with E-state index in [0.29, 0.717) is 16.5 Å². The van der Waals surface area contributed by atoms with E-state index in [4.69, 9.17) is 0 Å². The topological polar surface area (TPSA) is 42.7 Å². The molecular formula is C11H20N4S2. The van der Waals surface area contributed by atoms with Gasteiger partial charge in [-0.1, -0.05) is 6.92 Å². The van der Waals surface area contributed by atoms with Gasteiger partial charge in [0.2, 0.25) is 0 Å². The van der Waals surface area contributed by atoms with Crippen molar-refractivity contribution >= 4 is 23.5 Å². The molecule has 1 N–H and O–H groups in total. The van der Waals surface area contributed by atoms with Gasteiger partial charge in [0.1, 0.15) is 12.2 Å². The molecule has 1 aromatic rings. The van der Waals surface area contributed by atoms with E-state index in [1.165, 1.54) is 17.9 Å². The monoisotopic (exact) mass is 272 g/mol. The van der Waals surface area contributed by atoms with Crippen LogP contribution in [-0.2, 0) is 7.05 Å². The number of hydrogen-bond acceptors (Lipinski definition) is 5. The highest BCUT2D eigenvalue weighted by atomic mass is 32.2. The van der Waals surface area contributed by atoms with Crippen molar-refractivity contribution in [3.05, 3.63) is 12.2 Å². The Morgan fingerprint density at radius 3 is 2.88 bits per heavy atom. The molecule has 17 heavy (non-hydrogen) atoms. The van der Waals surface area contributed by atoms with Crippen molar-refractivity contribution in [2.75, 3.05) is 18.6 Å². The third-order valence-electron chi connectivity index (χ3n) is 3.16. The van der Waals surface area contributed by atoms with Gasteiger partial charge in [0.05, 0.1) is 6.04 Å². The first-order valence-corrected chi connectivity index (χ1v) is 8.12. The van der Waals surface area contributed by atoms with Crippen LogP contribution in [0.2, 0.25) is 0 Å². The molecule has 0 aromatic carbocycles. The minimum absolute atomic E-state index is 0.297. The van der Waals surface area contributed by atoms with Crippen molar-refractivity contribution in [3.8, 4) is 0 Å². The molecule has 1 aliphatic rings. The fraction of sp³-hybridized carbons (Fsp3) is 0.818. The van der Waals surface area contributed by atoms with E-state index in [1.54, 1.807) is 6.33 Å². The average Bonchev–Trinajstić information content (AvgIpc) is 2.78. The Hall–Kier alpha value is -0.200. The summed E-state index contributed by atoms with van der Waals surface area (Å²) in [5, 5.41) is 8.90. The second kappa shape index (κ2) is 6.11. The molecule has 0 amide bonds. The van der Waals surface area contributed by atoms with Crippen LogP contribution in [0.5, 0.6) is 0 Å². The Labute approximate surface area is 111 Å². The lowest BCUT2D eigenvalue weighted by Gasteiger charge is -2.35. The minimum atomic E-state index is 0.297. The van der Waals surface area contributed by atoms with Crippen LogP contribution < -0.4 is 5.32 Å². The van der Waals surface area contributed by atoms with Crippen molar-refractivity contribution in [2.24, 2.45) is 7.05 Å². The molecule has 3 unspecified atom stereocenters. The lowest BCUT2D eigenvalue weighted by molar-refractivity contribution is 0.493. The summed E-state index contributed by atoms with van der Waals surface area (Å²) in [5.41, 5.74) is 0. The van der Waals surface area contributed by atoms with Gasteiger partial charge in [0.15, 0.2) is 0 Å². The molecule has 6 heteroatoms. The van der Waals surface area contributed by atoms with Crippen LogP contribution in [-0.4, -0.2) is 43.8 Å². The van der Waals surface area contributed by atoms with Gasteiger partial charge in [-0.05, 0) is 13.5 Å². The predicted octanol–water partition coefficient (Wildman–Crippen LogP) is 1.70.